The van der Waals surface area contributed by atoms with Crippen LogP contribution < -0.4 is 10.6 Å². The first-order chi connectivity index (χ1) is 8.63. The molecule has 1 aromatic carbocycles. The van der Waals surface area contributed by atoms with E-state index in [0.717, 1.165) is 12.8 Å². The lowest BCUT2D eigenvalue weighted by atomic mass is 9.96. The summed E-state index contributed by atoms with van der Waals surface area (Å²) < 4.78 is 13.8. The second-order valence-corrected chi connectivity index (χ2v) is 4.53. The molecule has 1 aliphatic heterocycles. The summed E-state index contributed by atoms with van der Waals surface area (Å²) in [5.41, 5.74) is 5.54. The monoisotopic (exact) mass is 253 g/mol. The van der Waals surface area contributed by atoms with Crippen LogP contribution in [-0.4, -0.2) is 24.6 Å². The molecule has 0 spiro atoms. The quantitative estimate of drug-likeness (QED) is 0.659. The summed E-state index contributed by atoms with van der Waals surface area (Å²) in [5, 5.41) is 10.9. The Morgan fingerprint density at radius 2 is 2.11 bits per heavy atom. The summed E-state index contributed by atoms with van der Waals surface area (Å²) in [6.45, 7) is 1.85. The zero-order valence-corrected chi connectivity index (χ0v) is 10.0. The number of hydrogen-bond donors (Lipinski definition) is 1. The normalized spacial score (nSPS) is 16.9. The number of anilines is 1. The van der Waals surface area contributed by atoms with Gasteiger partial charge in [-0.1, -0.05) is 6.07 Å². The third-order valence-corrected chi connectivity index (χ3v) is 3.43. The van der Waals surface area contributed by atoms with E-state index in [4.69, 9.17) is 5.73 Å². The highest BCUT2D eigenvalue weighted by molar-refractivity contribution is 5.64. The van der Waals surface area contributed by atoms with Crippen molar-refractivity contribution in [2.45, 2.75) is 12.8 Å². The Morgan fingerprint density at radius 3 is 2.67 bits per heavy atom. The lowest BCUT2D eigenvalue weighted by molar-refractivity contribution is -0.384. The van der Waals surface area contributed by atoms with Crippen molar-refractivity contribution in [1.29, 1.82) is 0 Å². The molecule has 1 aliphatic rings. The molecule has 1 aromatic rings. The van der Waals surface area contributed by atoms with Crippen LogP contribution in [0.3, 0.4) is 0 Å². The van der Waals surface area contributed by atoms with Gasteiger partial charge in [0.1, 0.15) is 0 Å². The molecule has 98 valence electrons. The maximum atomic E-state index is 13.8. The Hall–Kier alpha value is -1.69. The zero-order valence-electron chi connectivity index (χ0n) is 10.0. The molecule has 2 rings (SSSR count). The van der Waals surface area contributed by atoms with E-state index in [-0.39, 0.29) is 11.4 Å². The summed E-state index contributed by atoms with van der Waals surface area (Å²) in [5.74, 6) is -0.0949. The van der Waals surface area contributed by atoms with E-state index in [1.54, 1.807) is 4.90 Å². The van der Waals surface area contributed by atoms with Gasteiger partial charge in [0.2, 0.25) is 0 Å². The Morgan fingerprint density at radius 1 is 1.44 bits per heavy atom. The summed E-state index contributed by atoms with van der Waals surface area (Å²) in [6.07, 6.45) is 1.70. The maximum Gasteiger partial charge on any atom is 0.295 e. The second kappa shape index (κ2) is 5.30. The van der Waals surface area contributed by atoms with E-state index < -0.39 is 10.7 Å². The van der Waals surface area contributed by atoms with E-state index in [1.165, 1.54) is 18.2 Å². The van der Waals surface area contributed by atoms with Gasteiger partial charge in [-0.05, 0) is 31.4 Å². The molecule has 1 fully saturated rings. The first-order valence-electron chi connectivity index (χ1n) is 6.01. The molecule has 5 nitrogen and oxygen atoms in total. The Labute approximate surface area is 105 Å². The number of benzene rings is 1. The zero-order chi connectivity index (χ0) is 13.1. The maximum absolute atomic E-state index is 13.8. The fourth-order valence-corrected chi connectivity index (χ4v) is 2.36. The predicted octanol–water partition coefficient (Wildman–Crippen LogP) is 1.91. The van der Waals surface area contributed by atoms with Crippen molar-refractivity contribution in [2.75, 3.05) is 24.5 Å². The minimum absolute atomic E-state index is 0.109. The van der Waals surface area contributed by atoms with Gasteiger partial charge in [0.05, 0.1) is 4.92 Å². The lowest BCUT2D eigenvalue weighted by Crippen LogP contribution is -2.36. The number of rotatable bonds is 3. The molecule has 0 radical (unpaired) electrons. The molecule has 0 bridgehead atoms. The van der Waals surface area contributed by atoms with E-state index in [1.807, 2.05) is 0 Å². The molecule has 1 saturated heterocycles. The average molecular weight is 253 g/mol. The van der Waals surface area contributed by atoms with E-state index in [0.29, 0.717) is 25.6 Å². The molecular formula is C12H16FN3O2. The van der Waals surface area contributed by atoms with Crippen LogP contribution in [0.15, 0.2) is 18.2 Å². The summed E-state index contributed by atoms with van der Waals surface area (Å²) in [6, 6.07) is 3.97. The van der Waals surface area contributed by atoms with Gasteiger partial charge in [-0.25, -0.2) is 4.39 Å². The topological polar surface area (TPSA) is 72.4 Å². The van der Waals surface area contributed by atoms with Gasteiger partial charge in [0.25, 0.3) is 5.69 Å². The Kier molecular flexibility index (Phi) is 3.76. The number of halogens is 1. The molecule has 0 aliphatic carbocycles. The standard InChI is InChI=1S/C12H16FN3O2/c13-10-2-1-3-11(16(17)18)12(10)15-6-4-9(8-14)5-7-15/h1-3,9H,4-8,14H2. The third kappa shape index (κ3) is 2.43. The predicted molar refractivity (Wildman–Crippen MR) is 67.0 cm³/mol. The van der Waals surface area contributed by atoms with Gasteiger partial charge in [0, 0.05) is 19.2 Å². The van der Waals surface area contributed by atoms with Crippen molar-refractivity contribution >= 4 is 11.4 Å². The molecule has 18 heavy (non-hydrogen) atoms. The van der Waals surface area contributed by atoms with Crippen LogP contribution in [0.1, 0.15) is 12.8 Å². The fraction of sp³-hybridized carbons (Fsp3) is 0.500. The largest absolute Gasteiger partial charge is 0.364 e. The van der Waals surface area contributed by atoms with Gasteiger partial charge in [-0.15, -0.1) is 0 Å². The lowest BCUT2D eigenvalue weighted by Gasteiger charge is -2.32. The van der Waals surface area contributed by atoms with Crippen molar-refractivity contribution in [1.82, 2.24) is 0 Å². The smallest absolute Gasteiger partial charge is 0.295 e. The average Bonchev–Trinajstić information content (AvgIpc) is 2.38. The summed E-state index contributed by atoms with van der Waals surface area (Å²) in [4.78, 5) is 12.1. The third-order valence-electron chi connectivity index (χ3n) is 3.43. The molecule has 1 heterocycles. The van der Waals surface area contributed by atoms with Crippen LogP contribution in [0, 0.1) is 21.8 Å². The SMILES string of the molecule is NCC1CCN(c2c(F)cccc2[N+](=O)[O-])CC1. The van der Waals surface area contributed by atoms with Crippen LogP contribution in [-0.2, 0) is 0 Å². The number of hydrogen-bond acceptors (Lipinski definition) is 4. The molecule has 0 amide bonds. The molecule has 0 atom stereocenters. The van der Waals surface area contributed by atoms with Gasteiger partial charge < -0.3 is 10.6 Å². The van der Waals surface area contributed by atoms with Gasteiger partial charge in [-0.2, -0.15) is 0 Å². The van der Waals surface area contributed by atoms with Crippen molar-refractivity contribution in [3.05, 3.63) is 34.1 Å². The number of nitrogens with two attached hydrogens (primary N) is 1. The molecule has 0 saturated carbocycles. The van der Waals surface area contributed by atoms with Crippen LogP contribution in [0.5, 0.6) is 0 Å². The minimum atomic E-state index is -0.534. The first-order valence-corrected chi connectivity index (χ1v) is 6.01. The van der Waals surface area contributed by atoms with Crippen LogP contribution in [0.4, 0.5) is 15.8 Å². The van der Waals surface area contributed by atoms with E-state index >= 15 is 0 Å². The van der Waals surface area contributed by atoms with E-state index in [9.17, 15) is 14.5 Å². The highest BCUT2D eigenvalue weighted by Gasteiger charge is 2.26. The van der Waals surface area contributed by atoms with Crippen molar-refractivity contribution < 1.29 is 9.31 Å². The van der Waals surface area contributed by atoms with Gasteiger partial charge in [0.15, 0.2) is 11.5 Å². The number of para-hydroxylation sites is 1. The van der Waals surface area contributed by atoms with Crippen LogP contribution in [0.2, 0.25) is 0 Å². The van der Waals surface area contributed by atoms with Crippen molar-refractivity contribution in [3.63, 3.8) is 0 Å². The molecular weight excluding hydrogens is 237 g/mol. The van der Waals surface area contributed by atoms with E-state index in [2.05, 4.69) is 0 Å². The number of nitro groups is 1. The number of piperidine rings is 1. The Bertz CT molecular complexity index is 445. The number of nitro benzene ring substituents is 1. The van der Waals surface area contributed by atoms with Crippen LogP contribution in [0.25, 0.3) is 0 Å². The number of nitrogens with zero attached hydrogens (tertiary/aromatic N) is 2. The molecule has 0 aromatic heterocycles. The minimum Gasteiger partial charge on any atom is -0.364 e. The van der Waals surface area contributed by atoms with Crippen LogP contribution >= 0.6 is 0 Å². The van der Waals surface area contributed by atoms with Crippen molar-refractivity contribution in [3.8, 4) is 0 Å². The highest BCUT2D eigenvalue weighted by atomic mass is 19.1. The van der Waals surface area contributed by atoms with Gasteiger partial charge >= 0.3 is 0 Å². The highest BCUT2D eigenvalue weighted by Crippen LogP contribution is 2.33. The van der Waals surface area contributed by atoms with Crippen molar-refractivity contribution in [2.24, 2.45) is 11.7 Å². The second-order valence-electron chi connectivity index (χ2n) is 4.53. The Balaban J connectivity index is 2.26. The van der Waals surface area contributed by atoms with Gasteiger partial charge in [-0.3, -0.25) is 10.1 Å². The first kappa shape index (κ1) is 12.8. The molecule has 6 heteroatoms. The molecule has 0 unspecified atom stereocenters. The fourth-order valence-electron chi connectivity index (χ4n) is 2.36. The molecule has 2 N–H and O–H groups in total. The summed E-state index contributed by atoms with van der Waals surface area (Å²) in [7, 11) is 0. The summed E-state index contributed by atoms with van der Waals surface area (Å²) >= 11 is 0.